The molecule has 6 aromatic carbocycles. The van der Waals surface area contributed by atoms with Crippen molar-refractivity contribution in [3.05, 3.63) is 224 Å². The van der Waals surface area contributed by atoms with Gasteiger partial charge in [0.25, 0.3) is 11.8 Å². The lowest BCUT2D eigenvalue weighted by molar-refractivity contribution is -0.953. The zero-order valence-corrected chi connectivity index (χ0v) is 43.5. The molecular formula is C61H49F6N9O6. The van der Waals surface area contributed by atoms with Crippen molar-refractivity contribution in [1.82, 2.24) is 20.4 Å². The number of nitrogens with zero attached hydrogens (tertiary/aromatic N) is 7. The van der Waals surface area contributed by atoms with E-state index >= 15 is 0 Å². The highest BCUT2D eigenvalue weighted by Crippen LogP contribution is 2.43. The molecule has 6 amide bonds. The Hall–Kier alpha value is -9.73. The van der Waals surface area contributed by atoms with Gasteiger partial charge < -0.3 is 34.8 Å². The Morgan fingerprint density at radius 1 is 0.561 bits per heavy atom. The number of carboxylic acid groups (broad SMARTS) is 1. The van der Waals surface area contributed by atoms with Crippen molar-refractivity contribution in [3.8, 4) is 12.1 Å². The SMILES string of the molecule is N#Cc1ccc([C@H]2NC(=O)N(c3cccc(C(F)(F)F)c3)C3=C2C(=O)N(CCC[N+](CCCN2CC4=C(C2=O)[C@@H](c2ccc(C#N)cc2)NC(=O)N4c2cccc(C(F)(F)F)c2)(Cc2ccccc2)Cc2ccc(C(=O)[O-])cc2)C3)cc1. The summed E-state index contributed by atoms with van der Waals surface area (Å²) in [6, 6.07) is 37.2. The zero-order valence-electron chi connectivity index (χ0n) is 43.5. The molecule has 82 heavy (non-hydrogen) atoms. The highest BCUT2D eigenvalue weighted by molar-refractivity contribution is 6.08. The molecule has 0 radical (unpaired) electrons. The first-order valence-corrected chi connectivity index (χ1v) is 26.0. The normalized spacial score (nSPS) is 17.4. The van der Waals surface area contributed by atoms with Crippen molar-refractivity contribution in [3.63, 3.8) is 0 Å². The minimum atomic E-state index is -4.74. The standard InChI is InChI=1S/C61H49F6N9O6/c62-60(63,64)45-10-4-12-47(30-45)74-49-34-72(55(77)51(49)53(70-58(74)81)42-20-14-38(32-68)15-21-42)26-6-28-76(36-40-8-2-1-3-9-40,37-41-18-24-44(25-19-41)57(79)80)29-7-27-73-35-50-52(56(73)78)54(43-22-16-39(33-69)17-23-43)71-59(82)75(50)48-13-5-11-46(31-48)61(65,66)67/h1-5,8-25,30-31,53-54H,6-7,26-29,34-37H2,(H2-,70,71,79,80,81,82)/t53-,54-/m1/s1. The van der Waals surface area contributed by atoms with Crippen LogP contribution in [0.4, 0.5) is 47.3 Å². The van der Waals surface area contributed by atoms with Crippen LogP contribution in [0.5, 0.6) is 0 Å². The number of aromatic carboxylic acids is 1. The Kier molecular flexibility index (Phi) is 15.2. The van der Waals surface area contributed by atoms with Gasteiger partial charge in [-0.25, -0.2) is 9.59 Å². The average Bonchev–Trinajstić information content (AvgIpc) is 2.71. The predicted molar refractivity (Wildman–Crippen MR) is 284 cm³/mol. The van der Waals surface area contributed by atoms with Gasteiger partial charge in [-0.3, -0.25) is 19.4 Å². The first-order chi connectivity index (χ1) is 39.2. The Bertz CT molecular complexity index is 3460. The number of urea groups is 2. The second-order valence-corrected chi connectivity index (χ2v) is 20.5. The molecular weight excluding hydrogens is 1070 g/mol. The van der Waals surface area contributed by atoms with Crippen LogP contribution in [-0.4, -0.2) is 83.4 Å². The number of anilines is 2. The molecule has 2 N–H and O–H groups in total. The third kappa shape index (κ3) is 11.4. The summed E-state index contributed by atoms with van der Waals surface area (Å²) in [6.07, 6.45) is -8.86. The van der Waals surface area contributed by atoms with Gasteiger partial charge in [0.1, 0.15) is 13.1 Å². The van der Waals surface area contributed by atoms with E-state index in [4.69, 9.17) is 0 Å². The molecule has 0 fully saturated rings. The fourth-order valence-corrected chi connectivity index (χ4v) is 11.3. The summed E-state index contributed by atoms with van der Waals surface area (Å²) in [5.41, 5.74) is 1.58. The van der Waals surface area contributed by atoms with Crippen LogP contribution in [0.3, 0.4) is 0 Å². The van der Waals surface area contributed by atoms with E-state index in [9.17, 15) is 65.9 Å². The van der Waals surface area contributed by atoms with Crippen molar-refractivity contribution >= 4 is 41.2 Å². The summed E-state index contributed by atoms with van der Waals surface area (Å²) in [5, 5.41) is 36.5. The van der Waals surface area contributed by atoms with Gasteiger partial charge in [0.15, 0.2) is 0 Å². The minimum Gasteiger partial charge on any atom is -0.545 e. The van der Waals surface area contributed by atoms with Gasteiger partial charge in [-0.15, -0.1) is 0 Å². The monoisotopic (exact) mass is 1120 g/mol. The van der Waals surface area contributed by atoms with E-state index in [0.29, 0.717) is 61.3 Å². The van der Waals surface area contributed by atoms with E-state index in [0.717, 1.165) is 45.2 Å². The van der Waals surface area contributed by atoms with E-state index in [-0.39, 0.29) is 70.1 Å². The summed E-state index contributed by atoms with van der Waals surface area (Å²) < 4.78 is 84.7. The molecule has 2 atom stereocenters. The molecule has 416 valence electrons. The largest absolute Gasteiger partial charge is 0.545 e. The van der Waals surface area contributed by atoms with Gasteiger partial charge in [-0.2, -0.15) is 36.9 Å². The Labute approximate surface area is 466 Å². The van der Waals surface area contributed by atoms with E-state index in [1.165, 1.54) is 70.5 Å². The summed E-state index contributed by atoms with van der Waals surface area (Å²) in [7, 11) is 0. The van der Waals surface area contributed by atoms with E-state index in [2.05, 4.69) is 10.6 Å². The number of halogens is 6. The number of nitriles is 2. The van der Waals surface area contributed by atoms with Crippen LogP contribution in [0.1, 0.15) is 79.8 Å². The zero-order chi connectivity index (χ0) is 58.1. The Morgan fingerprint density at radius 2 is 0.976 bits per heavy atom. The van der Waals surface area contributed by atoms with Crippen molar-refractivity contribution in [2.45, 2.75) is 50.4 Å². The molecule has 0 spiro atoms. The lowest BCUT2D eigenvalue weighted by Crippen LogP contribution is -2.49. The highest BCUT2D eigenvalue weighted by atomic mass is 19.4. The van der Waals surface area contributed by atoms with Crippen LogP contribution in [0, 0.1) is 22.7 Å². The molecule has 15 nitrogen and oxygen atoms in total. The molecule has 4 heterocycles. The fraction of sp³-hybridized carbons (Fsp3) is 0.230. The summed E-state index contributed by atoms with van der Waals surface area (Å²) in [5.74, 6) is -2.32. The number of hydrogen-bond donors (Lipinski definition) is 2. The molecule has 4 aliphatic heterocycles. The molecule has 21 heteroatoms. The van der Waals surface area contributed by atoms with Crippen LogP contribution in [-0.2, 0) is 35.0 Å². The lowest BCUT2D eigenvalue weighted by Gasteiger charge is -2.40. The van der Waals surface area contributed by atoms with E-state index < -0.39 is 65.4 Å². The molecule has 0 aliphatic carbocycles. The maximum Gasteiger partial charge on any atom is 0.416 e. The Balaban J connectivity index is 0.957. The van der Waals surface area contributed by atoms with Crippen molar-refractivity contribution in [2.75, 3.05) is 49.1 Å². The summed E-state index contributed by atoms with van der Waals surface area (Å²) in [4.78, 5) is 74.9. The number of rotatable bonds is 17. The maximum atomic E-state index is 14.8. The number of carboxylic acids is 1. The van der Waals surface area contributed by atoms with E-state index in [1.807, 2.05) is 42.5 Å². The van der Waals surface area contributed by atoms with Gasteiger partial charge in [0.05, 0.1) is 113 Å². The van der Waals surface area contributed by atoms with Crippen molar-refractivity contribution in [1.29, 1.82) is 10.5 Å². The smallest absolute Gasteiger partial charge is 0.416 e. The average molecular weight is 1120 g/mol. The quantitative estimate of drug-likeness (QED) is 0.0667. The van der Waals surface area contributed by atoms with Crippen LogP contribution >= 0.6 is 0 Å². The molecule has 0 unspecified atom stereocenters. The molecule has 0 saturated carbocycles. The van der Waals surface area contributed by atoms with Gasteiger partial charge in [-0.05, 0) is 77.4 Å². The number of benzene rings is 6. The maximum absolute atomic E-state index is 14.8. The second kappa shape index (κ2) is 22.4. The molecule has 0 bridgehead atoms. The molecule has 6 aromatic rings. The number of quaternary nitrogens is 1. The van der Waals surface area contributed by atoms with Gasteiger partial charge in [0.2, 0.25) is 0 Å². The molecule has 10 rings (SSSR count). The topological polar surface area (TPSA) is 193 Å². The molecule has 0 aromatic heterocycles. The number of nitrogens with one attached hydrogen (secondary N) is 2. The minimum absolute atomic E-state index is 0.0455. The van der Waals surface area contributed by atoms with Crippen molar-refractivity contribution in [2.24, 2.45) is 0 Å². The van der Waals surface area contributed by atoms with Crippen molar-refractivity contribution < 1.29 is 59.9 Å². The molecule has 0 saturated heterocycles. The van der Waals surface area contributed by atoms with Crippen LogP contribution in [0.25, 0.3) is 0 Å². The number of carbonyl (C=O) groups excluding carboxylic acids is 5. The second-order valence-electron chi connectivity index (χ2n) is 20.5. The number of alkyl halides is 6. The predicted octanol–water partition coefficient (Wildman–Crippen LogP) is 9.26. The van der Waals surface area contributed by atoms with Gasteiger partial charge in [0, 0.05) is 37.1 Å². The molecule has 4 aliphatic rings. The van der Waals surface area contributed by atoms with Crippen LogP contribution in [0.15, 0.2) is 174 Å². The Morgan fingerprint density at radius 3 is 1.37 bits per heavy atom. The summed E-state index contributed by atoms with van der Waals surface area (Å²) >= 11 is 0. The number of hydrogen-bond acceptors (Lipinski definition) is 8. The first-order valence-electron chi connectivity index (χ1n) is 26.0. The van der Waals surface area contributed by atoms with Crippen LogP contribution in [0.2, 0.25) is 0 Å². The van der Waals surface area contributed by atoms with Crippen LogP contribution < -0.4 is 25.5 Å². The van der Waals surface area contributed by atoms with E-state index in [1.54, 1.807) is 36.4 Å². The fourth-order valence-electron chi connectivity index (χ4n) is 11.3. The first kappa shape index (κ1) is 55.6. The third-order valence-corrected chi connectivity index (χ3v) is 15.2. The third-order valence-electron chi connectivity index (χ3n) is 15.2. The van der Waals surface area contributed by atoms with Gasteiger partial charge >= 0.3 is 24.4 Å². The van der Waals surface area contributed by atoms with Gasteiger partial charge in [-0.1, -0.05) is 91.0 Å². The highest BCUT2D eigenvalue weighted by Gasteiger charge is 2.47. The lowest BCUT2D eigenvalue weighted by atomic mass is 9.94. The summed E-state index contributed by atoms with van der Waals surface area (Å²) in [6.45, 7) is 1.29. The number of carbonyl (C=O) groups is 5. The number of amides is 6.